The fraction of sp³-hybridized carbons (Fsp3) is 0.280. The van der Waals surface area contributed by atoms with Crippen LogP contribution >= 0.6 is 0 Å². The van der Waals surface area contributed by atoms with Crippen LogP contribution in [0.15, 0.2) is 78.4 Å². The standard InChI is InChI=1S/C25H30N6O/c1-5-6-11-26-22-14-19(16-29-22)13-18-9-10-21(28-15-18)30-17-20-8-7-12-27-23(20)31-24(32)25(2,3)4/h5-12,15-16H,1,13-14,17H2,2-4H3,(H,26,29)(H,28,30)(H,27,31,32)/b11-6-. The Hall–Kier alpha value is -3.74. The first-order valence-corrected chi connectivity index (χ1v) is 10.6. The smallest absolute Gasteiger partial charge is 0.230 e. The predicted molar refractivity (Wildman–Crippen MR) is 130 cm³/mol. The van der Waals surface area contributed by atoms with Gasteiger partial charge < -0.3 is 16.0 Å². The zero-order chi connectivity index (χ0) is 23.0. The Morgan fingerprint density at radius 1 is 1.28 bits per heavy atom. The van der Waals surface area contributed by atoms with Gasteiger partial charge in [0.05, 0.1) is 0 Å². The third-order valence-electron chi connectivity index (χ3n) is 4.81. The molecule has 0 fully saturated rings. The maximum atomic E-state index is 12.3. The Morgan fingerprint density at radius 3 is 2.84 bits per heavy atom. The molecule has 0 atom stereocenters. The Morgan fingerprint density at radius 2 is 2.12 bits per heavy atom. The number of amides is 1. The third kappa shape index (κ3) is 6.63. The van der Waals surface area contributed by atoms with Gasteiger partial charge in [-0.25, -0.2) is 15.0 Å². The van der Waals surface area contributed by atoms with E-state index in [1.165, 1.54) is 5.57 Å². The van der Waals surface area contributed by atoms with Gasteiger partial charge in [0, 0.05) is 48.7 Å². The van der Waals surface area contributed by atoms with Crippen LogP contribution in [0.1, 0.15) is 38.3 Å². The lowest BCUT2D eigenvalue weighted by atomic mass is 9.95. The fourth-order valence-corrected chi connectivity index (χ4v) is 2.96. The summed E-state index contributed by atoms with van der Waals surface area (Å²) in [4.78, 5) is 25.5. The van der Waals surface area contributed by atoms with Crippen LogP contribution in [-0.2, 0) is 17.8 Å². The van der Waals surface area contributed by atoms with Gasteiger partial charge in [0.2, 0.25) is 5.91 Å². The molecule has 1 aliphatic heterocycles. The van der Waals surface area contributed by atoms with Crippen molar-refractivity contribution in [3.8, 4) is 0 Å². The summed E-state index contributed by atoms with van der Waals surface area (Å²) in [7, 11) is 0. The van der Waals surface area contributed by atoms with Gasteiger partial charge >= 0.3 is 0 Å². The van der Waals surface area contributed by atoms with Crippen LogP contribution in [0.5, 0.6) is 0 Å². The van der Waals surface area contributed by atoms with E-state index in [9.17, 15) is 4.79 Å². The van der Waals surface area contributed by atoms with Crippen LogP contribution in [0, 0.1) is 5.41 Å². The first kappa shape index (κ1) is 22.9. The third-order valence-corrected chi connectivity index (χ3v) is 4.81. The summed E-state index contributed by atoms with van der Waals surface area (Å²) in [6, 6.07) is 7.82. The molecule has 3 N–H and O–H groups in total. The minimum Gasteiger partial charge on any atom is -0.366 e. The van der Waals surface area contributed by atoms with Crippen molar-refractivity contribution >= 4 is 23.4 Å². The number of amidine groups is 1. The molecule has 7 heteroatoms. The number of carbonyl (C=O) groups is 1. The molecule has 0 unspecified atom stereocenters. The quantitative estimate of drug-likeness (QED) is 0.533. The molecule has 0 aliphatic carbocycles. The van der Waals surface area contributed by atoms with Crippen LogP contribution in [-0.4, -0.2) is 21.7 Å². The molecule has 2 aromatic heterocycles. The highest BCUT2D eigenvalue weighted by atomic mass is 16.2. The summed E-state index contributed by atoms with van der Waals surface area (Å²) in [5, 5.41) is 9.42. The normalized spacial score (nSPS) is 14.8. The number of allylic oxidation sites excluding steroid dienone is 2. The number of hydrogen-bond donors (Lipinski definition) is 3. The van der Waals surface area contributed by atoms with Gasteiger partial charge in [-0.3, -0.25) is 4.79 Å². The first-order valence-electron chi connectivity index (χ1n) is 10.6. The topological polar surface area (TPSA) is 91.3 Å². The molecule has 32 heavy (non-hydrogen) atoms. The molecule has 0 aromatic carbocycles. The van der Waals surface area contributed by atoms with E-state index < -0.39 is 5.41 Å². The first-order chi connectivity index (χ1) is 15.3. The van der Waals surface area contributed by atoms with E-state index in [0.29, 0.717) is 12.4 Å². The van der Waals surface area contributed by atoms with Crippen molar-refractivity contribution in [3.05, 3.63) is 84.5 Å². The number of aromatic nitrogens is 2. The molecule has 0 spiro atoms. The largest absolute Gasteiger partial charge is 0.366 e. The van der Waals surface area contributed by atoms with Gasteiger partial charge in [-0.1, -0.05) is 45.6 Å². The second-order valence-corrected chi connectivity index (χ2v) is 8.57. The van der Waals surface area contributed by atoms with Gasteiger partial charge in [0.25, 0.3) is 0 Å². The van der Waals surface area contributed by atoms with Crippen molar-refractivity contribution in [2.75, 3.05) is 10.6 Å². The second kappa shape index (κ2) is 10.5. The van der Waals surface area contributed by atoms with Crippen molar-refractivity contribution in [3.63, 3.8) is 0 Å². The van der Waals surface area contributed by atoms with E-state index in [1.807, 2.05) is 51.4 Å². The molecule has 0 radical (unpaired) electrons. The molecule has 1 aliphatic rings. The van der Waals surface area contributed by atoms with Crippen molar-refractivity contribution in [1.82, 2.24) is 15.3 Å². The maximum Gasteiger partial charge on any atom is 0.230 e. The van der Waals surface area contributed by atoms with E-state index in [4.69, 9.17) is 0 Å². The number of nitrogens with one attached hydrogen (secondary N) is 3. The Bertz CT molecular complexity index is 1040. The number of carbonyl (C=O) groups excluding carboxylic acids is 1. The summed E-state index contributed by atoms with van der Waals surface area (Å²) in [5.41, 5.74) is 2.80. The van der Waals surface area contributed by atoms with Gasteiger partial charge in [-0.15, -0.1) is 0 Å². The Kier molecular flexibility index (Phi) is 7.54. The molecule has 3 heterocycles. The number of anilines is 2. The molecule has 0 saturated heterocycles. The number of nitrogens with zero attached hydrogens (tertiary/aromatic N) is 3. The number of pyridine rings is 2. The average molecular weight is 431 g/mol. The fourth-order valence-electron chi connectivity index (χ4n) is 2.96. The van der Waals surface area contributed by atoms with Crippen molar-refractivity contribution in [1.29, 1.82) is 0 Å². The molecule has 0 saturated carbocycles. The molecule has 166 valence electrons. The Labute approximate surface area is 189 Å². The summed E-state index contributed by atoms with van der Waals surface area (Å²) < 4.78 is 0. The monoisotopic (exact) mass is 430 g/mol. The molecule has 2 aromatic rings. The van der Waals surface area contributed by atoms with E-state index in [2.05, 4.69) is 43.6 Å². The zero-order valence-electron chi connectivity index (χ0n) is 18.9. The Balaban J connectivity index is 1.55. The van der Waals surface area contributed by atoms with E-state index in [1.54, 1.807) is 24.5 Å². The van der Waals surface area contributed by atoms with Crippen molar-refractivity contribution in [2.45, 2.75) is 40.2 Å². The molecule has 1 amide bonds. The minimum atomic E-state index is -0.487. The highest BCUT2D eigenvalue weighted by Gasteiger charge is 2.22. The predicted octanol–water partition coefficient (Wildman–Crippen LogP) is 4.59. The minimum absolute atomic E-state index is 0.0689. The van der Waals surface area contributed by atoms with Crippen LogP contribution in [0.2, 0.25) is 0 Å². The van der Waals surface area contributed by atoms with Gasteiger partial charge in [-0.2, -0.15) is 0 Å². The lowest BCUT2D eigenvalue weighted by Crippen LogP contribution is -2.28. The molecule has 7 nitrogen and oxygen atoms in total. The number of rotatable bonds is 8. The number of hydrogen-bond acceptors (Lipinski definition) is 5. The molecular weight excluding hydrogens is 400 g/mol. The average Bonchev–Trinajstić information content (AvgIpc) is 3.21. The van der Waals surface area contributed by atoms with Crippen LogP contribution in [0.4, 0.5) is 11.6 Å². The highest BCUT2D eigenvalue weighted by Crippen LogP contribution is 2.20. The van der Waals surface area contributed by atoms with Gasteiger partial charge in [0.15, 0.2) is 0 Å². The summed E-state index contributed by atoms with van der Waals surface area (Å²) in [6.07, 6.45) is 12.4. The highest BCUT2D eigenvalue weighted by molar-refractivity contribution is 5.94. The van der Waals surface area contributed by atoms with Crippen LogP contribution in [0.3, 0.4) is 0 Å². The summed E-state index contributed by atoms with van der Waals surface area (Å²) in [6.45, 7) is 9.77. The van der Waals surface area contributed by atoms with E-state index in [0.717, 1.165) is 35.6 Å². The second-order valence-electron chi connectivity index (χ2n) is 8.57. The summed E-state index contributed by atoms with van der Waals surface area (Å²) in [5.74, 6) is 2.19. The SMILES string of the molecule is C=C/C=C\N=C1/CC(Cc2ccc(NCc3cccnc3NC(=O)C(C)(C)C)nc2)=CN1. The zero-order valence-corrected chi connectivity index (χ0v) is 18.9. The number of aliphatic imine (C=N–C) groups is 1. The van der Waals surface area contributed by atoms with Crippen molar-refractivity contribution < 1.29 is 4.79 Å². The van der Waals surface area contributed by atoms with Gasteiger partial charge in [-0.05, 0) is 35.8 Å². The van der Waals surface area contributed by atoms with E-state index >= 15 is 0 Å². The molecular formula is C25H30N6O. The molecule has 3 rings (SSSR count). The van der Waals surface area contributed by atoms with Crippen molar-refractivity contribution in [2.24, 2.45) is 10.4 Å². The van der Waals surface area contributed by atoms with Gasteiger partial charge in [0.1, 0.15) is 17.5 Å². The van der Waals surface area contributed by atoms with Crippen LogP contribution in [0.25, 0.3) is 0 Å². The van der Waals surface area contributed by atoms with Crippen LogP contribution < -0.4 is 16.0 Å². The molecule has 0 bridgehead atoms. The lowest BCUT2D eigenvalue weighted by molar-refractivity contribution is -0.123. The van der Waals surface area contributed by atoms with E-state index in [-0.39, 0.29) is 5.91 Å². The summed E-state index contributed by atoms with van der Waals surface area (Å²) >= 11 is 0. The maximum absolute atomic E-state index is 12.3. The lowest BCUT2D eigenvalue weighted by Gasteiger charge is -2.18.